The third-order valence-corrected chi connectivity index (χ3v) is 3.22. The molecule has 1 fully saturated rings. The zero-order chi connectivity index (χ0) is 11.1. The second kappa shape index (κ2) is 6.49. The van der Waals surface area contributed by atoms with E-state index in [4.69, 9.17) is 5.73 Å². The molecule has 86 valence electrons. The molecule has 0 aromatic rings. The van der Waals surface area contributed by atoms with Gasteiger partial charge in [0.1, 0.15) is 5.82 Å². The van der Waals surface area contributed by atoms with Crippen LogP contribution in [0.4, 0.5) is 0 Å². The Morgan fingerprint density at radius 3 is 2.67 bits per heavy atom. The van der Waals surface area contributed by atoms with E-state index in [1.54, 1.807) is 0 Å². The van der Waals surface area contributed by atoms with Crippen LogP contribution in [-0.2, 0) is 0 Å². The van der Waals surface area contributed by atoms with Crippen molar-refractivity contribution in [2.24, 2.45) is 16.6 Å². The minimum Gasteiger partial charge on any atom is -0.384 e. The van der Waals surface area contributed by atoms with E-state index in [2.05, 4.69) is 17.0 Å². The molecule has 0 aromatic carbocycles. The average Bonchev–Trinajstić information content (AvgIpc) is 2.29. The standard InChI is InChI=1S/C12H23N3/c1-10(14-2)12(13)15-9-8-11-6-4-3-5-7-11/h11,15H,2-9,13H2,1H3/b12-10-. The largest absolute Gasteiger partial charge is 0.384 e. The average molecular weight is 209 g/mol. The van der Waals surface area contributed by atoms with Crippen molar-refractivity contribution in [2.45, 2.75) is 45.4 Å². The van der Waals surface area contributed by atoms with Gasteiger partial charge in [-0.3, -0.25) is 4.99 Å². The molecule has 0 atom stereocenters. The molecule has 0 aliphatic heterocycles. The molecule has 1 rings (SSSR count). The molecule has 0 heterocycles. The van der Waals surface area contributed by atoms with Gasteiger partial charge in [0.2, 0.25) is 0 Å². The predicted molar refractivity (Wildman–Crippen MR) is 65.6 cm³/mol. The molecule has 1 saturated carbocycles. The molecule has 0 saturated heterocycles. The molecular weight excluding hydrogens is 186 g/mol. The predicted octanol–water partition coefficient (Wildman–Crippen LogP) is 2.39. The summed E-state index contributed by atoms with van der Waals surface area (Å²) in [6, 6.07) is 0. The van der Waals surface area contributed by atoms with E-state index in [1.165, 1.54) is 38.5 Å². The molecule has 0 radical (unpaired) electrons. The van der Waals surface area contributed by atoms with Crippen LogP contribution < -0.4 is 11.1 Å². The topological polar surface area (TPSA) is 50.4 Å². The third kappa shape index (κ3) is 4.36. The van der Waals surface area contributed by atoms with Crippen molar-refractivity contribution in [3.05, 3.63) is 11.5 Å². The van der Waals surface area contributed by atoms with Gasteiger partial charge >= 0.3 is 0 Å². The first-order valence-electron chi connectivity index (χ1n) is 5.91. The first kappa shape index (κ1) is 12.1. The highest BCUT2D eigenvalue weighted by atomic mass is 15.0. The van der Waals surface area contributed by atoms with Crippen molar-refractivity contribution >= 4 is 6.72 Å². The summed E-state index contributed by atoms with van der Waals surface area (Å²) in [7, 11) is 0. The number of aliphatic imine (C=N–C) groups is 1. The van der Waals surface area contributed by atoms with Gasteiger partial charge in [-0.05, 0) is 26.0 Å². The van der Waals surface area contributed by atoms with E-state index in [0.717, 1.165) is 18.2 Å². The normalized spacial score (nSPS) is 19.5. The summed E-state index contributed by atoms with van der Waals surface area (Å²) in [5.74, 6) is 1.57. The maximum Gasteiger partial charge on any atom is 0.118 e. The van der Waals surface area contributed by atoms with Gasteiger partial charge < -0.3 is 11.1 Å². The van der Waals surface area contributed by atoms with Crippen LogP contribution in [0.15, 0.2) is 16.5 Å². The first-order chi connectivity index (χ1) is 7.24. The highest BCUT2D eigenvalue weighted by Crippen LogP contribution is 2.25. The van der Waals surface area contributed by atoms with E-state index in [1.807, 2.05) is 6.92 Å². The van der Waals surface area contributed by atoms with Crippen molar-refractivity contribution < 1.29 is 0 Å². The molecule has 0 unspecified atom stereocenters. The second-order valence-electron chi connectivity index (χ2n) is 4.38. The lowest BCUT2D eigenvalue weighted by molar-refractivity contribution is 0.337. The molecule has 15 heavy (non-hydrogen) atoms. The lowest BCUT2D eigenvalue weighted by atomic mass is 9.87. The van der Waals surface area contributed by atoms with Crippen molar-refractivity contribution in [1.29, 1.82) is 0 Å². The quantitative estimate of drug-likeness (QED) is 0.683. The molecule has 0 aromatic heterocycles. The second-order valence-corrected chi connectivity index (χ2v) is 4.38. The van der Waals surface area contributed by atoms with Gasteiger partial charge in [-0.25, -0.2) is 0 Å². The van der Waals surface area contributed by atoms with Gasteiger partial charge in [0.25, 0.3) is 0 Å². The number of nitrogens with two attached hydrogens (primary N) is 1. The van der Waals surface area contributed by atoms with E-state index < -0.39 is 0 Å². The number of hydrogen-bond donors (Lipinski definition) is 2. The summed E-state index contributed by atoms with van der Waals surface area (Å²) in [4.78, 5) is 3.80. The smallest absolute Gasteiger partial charge is 0.118 e. The van der Waals surface area contributed by atoms with Crippen molar-refractivity contribution in [1.82, 2.24) is 5.32 Å². The minimum absolute atomic E-state index is 0.667. The minimum atomic E-state index is 0.667. The Labute approximate surface area is 92.8 Å². The van der Waals surface area contributed by atoms with Gasteiger partial charge in [0.05, 0.1) is 5.70 Å². The monoisotopic (exact) mass is 209 g/mol. The van der Waals surface area contributed by atoms with E-state index in [9.17, 15) is 0 Å². The van der Waals surface area contributed by atoms with Gasteiger partial charge in [0, 0.05) is 6.54 Å². The summed E-state index contributed by atoms with van der Waals surface area (Å²) < 4.78 is 0. The van der Waals surface area contributed by atoms with E-state index >= 15 is 0 Å². The van der Waals surface area contributed by atoms with Gasteiger partial charge in [-0.15, -0.1) is 0 Å². The zero-order valence-corrected chi connectivity index (χ0v) is 9.76. The fourth-order valence-corrected chi connectivity index (χ4v) is 2.10. The van der Waals surface area contributed by atoms with Crippen molar-refractivity contribution in [2.75, 3.05) is 6.54 Å². The van der Waals surface area contributed by atoms with Crippen LogP contribution in [0, 0.1) is 5.92 Å². The maximum absolute atomic E-state index is 5.78. The molecule has 0 bridgehead atoms. The Morgan fingerprint density at radius 2 is 2.07 bits per heavy atom. The molecule has 3 heteroatoms. The molecule has 0 amide bonds. The van der Waals surface area contributed by atoms with E-state index in [-0.39, 0.29) is 0 Å². The number of hydrogen-bond acceptors (Lipinski definition) is 3. The van der Waals surface area contributed by atoms with Crippen LogP contribution in [0.3, 0.4) is 0 Å². The summed E-state index contributed by atoms with van der Waals surface area (Å²) in [5, 5.41) is 3.20. The van der Waals surface area contributed by atoms with Crippen LogP contribution in [0.2, 0.25) is 0 Å². The fourth-order valence-electron chi connectivity index (χ4n) is 2.10. The van der Waals surface area contributed by atoms with Gasteiger partial charge in [-0.2, -0.15) is 0 Å². The Balaban J connectivity index is 2.17. The van der Waals surface area contributed by atoms with Crippen LogP contribution in [0.5, 0.6) is 0 Å². The number of rotatable bonds is 5. The Bertz CT molecular complexity index is 227. The van der Waals surface area contributed by atoms with Gasteiger partial charge in [0.15, 0.2) is 0 Å². The number of nitrogens with one attached hydrogen (secondary N) is 1. The van der Waals surface area contributed by atoms with Crippen LogP contribution >= 0.6 is 0 Å². The van der Waals surface area contributed by atoms with Gasteiger partial charge in [-0.1, -0.05) is 32.1 Å². The summed E-state index contributed by atoms with van der Waals surface area (Å²) in [6.45, 7) is 6.28. The van der Waals surface area contributed by atoms with Crippen molar-refractivity contribution in [3.8, 4) is 0 Å². The summed E-state index contributed by atoms with van der Waals surface area (Å²) in [6.07, 6.45) is 8.25. The third-order valence-electron chi connectivity index (χ3n) is 3.22. The molecule has 1 aliphatic carbocycles. The van der Waals surface area contributed by atoms with Crippen LogP contribution in [0.1, 0.15) is 45.4 Å². The number of nitrogens with zero attached hydrogens (tertiary/aromatic N) is 1. The lowest BCUT2D eigenvalue weighted by Gasteiger charge is -2.21. The maximum atomic E-state index is 5.78. The van der Waals surface area contributed by atoms with E-state index in [0.29, 0.717) is 5.82 Å². The highest BCUT2D eigenvalue weighted by molar-refractivity contribution is 5.29. The SMILES string of the molecule is C=N/C(C)=C(/N)NCCC1CCCCC1. The molecule has 3 nitrogen and oxygen atoms in total. The highest BCUT2D eigenvalue weighted by Gasteiger charge is 2.12. The lowest BCUT2D eigenvalue weighted by Crippen LogP contribution is -2.24. The zero-order valence-electron chi connectivity index (χ0n) is 9.76. The summed E-state index contributed by atoms with van der Waals surface area (Å²) >= 11 is 0. The number of allylic oxidation sites excluding steroid dienone is 1. The molecule has 1 aliphatic rings. The Hall–Kier alpha value is -0.990. The fraction of sp³-hybridized carbons (Fsp3) is 0.750. The molecule has 3 N–H and O–H groups in total. The molecular formula is C12H23N3. The first-order valence-corrected chi connectivity index (χ1v) is 5.91. The van der Waals surface area contributed by atoms with Crippen molar-refractivity contribution in [3.63, 3.8) is 0 Å². The Morgan fingerprint density at radius 1 is 1.40 bits per heavy atom. The Kier molecular flexibility index (Phi) is 5.22. The summed E-state index contributed by atoms with van der Waals surface area (Å²) in [5.41, 5.74) is 6.57. The molecule has 0 spiro atoms. The van der Waals surface area contributed by atoms with Crippen LogP contribution in [0.25, 0.3) is 0 Å². The van der Waals surface area contributed by atoms with Crippen LogP contribution in [-0.4, -0.2) is 13.3 Å².